The van der Waals surface area contributed by atoms with Crippen molar-refractivity contribution in [2.24, 2.45) is 0 Å². The van der Waals surface area contributed by atoms with Gasteiger partial charge >= 0.3 is 6.03 Å². The number of benzene rings is 1. The van der Waals surface area contributed by atoms with Gasteiger partial charge < -0.3 is 5.32 Å². The number of nitrogens with one attached hydrogen (secondary N) is 1. The second-order valence-electron chi connectivity index (χ2n) is 5.59. The average molecular weight is 276 g/mol. The van der Waals surface area contributed by atoms with Crippen LogP contribution in [0.2, 0.25) is 0 Å². The molecule has 3 rings (SSSR count). The molecule has 0 aromatic heterocycles. The lowest BCUT2D eigenvalue weighted by Crippen LogP contribution is -2.48. The molecule has 2 fully saturated rings. The molecule has 1 saturated carbocycles. The van der Waals surface area contributed by atoms with Crippen molar-refractivity contribution >= 4 is 11.9 Å². The maximum atomic E-state index is 13.2. The van der Waals surface area contributed by atoms with Crippen molar-refractivity contribution in [1.82, 2.24) is 10.2 Å². The Labute approximate surface area is 117 Å². The zero-order valence-electron chi connectivity index (χ0n) is 11.2. The van der Waals surface area contributed by atoms with Gasteiger partial charge in [0, 0.05) is 0 Å². The lowest BCUT2D eigenvalue weighted by Gasteiger charge is -2.30. The molecule has 1 aromatic carbocycles. The summed E-state index contributed by atoms with van der Waals surface area (Å²) in [6.45, 7) is 0.129. The summed E-state index contributed by atoms with van der Waals surface area (Å²) < 4.78 is 13.2. The molecule has 0 radical (unpaired) electrons. The second-order valence-corrected chi connectivity index (χ2v) is 5.59. The van der Waals surface area contributed by atoms with E-state index in [0.717, 1.165) is 19.3 Å². The van der Waals surface area contributed by atoms with Gasteiger partial charge in [-0.2, -0.15) is 0 Å². The number of amides is 3. The standard InChI is InChI=1S/C15H17FN2O2/c16-12-6-4-5-11(9-12)10-18-13(19)15(17-14(18)20)7-2-1-3-8-15/h4-6,9H,1-3,7-8,10H2,(H,17,20). The number of hydrogen-bond donors (Lipinski definition) is 1. The van der Waals surface area contributed by atoms with E-state index in [2.05, 4.69) is 5.32 Å². The fraction of sp³-hybridized carbons (Fsp3) is 0.467. The summed E-state index contributed by atoms with van der Waals surface area (Å²) in [6, 6.07) is 5.64. The van der Waals surface area contributed by atoms with Crippen molar-refractivity contribution in [2.45, 2.75) is 44.2 Å². The smallest absolute Gasteiger partial charge is 0.323 e. The first kappa shape index (κ1) is 13.1. The van der Waals surface area contributed by atoms with Gasteiger partial charge in [0.1, 0.15) is 11.4 Å². The van der Waals surface area contributed by atoms with Gasteiger partial charge in [-0.3, -0.25) is 9.69 Å². The number of carbonyl (C=O) groups is 2. The monoisotopic (exact) mass is 276 g/mol. The normalized spacial score (nSPS) is 21.4. The molecular weight excluding hydrogens is 259 g/mol. The second kappa shape index (κ2) is 4.89. The van der Waals surface area contributed by atoms with E-state index >= 15 is 0 Å². The quantitative estimate of drug-likeness (QED) is 0.844. The molecule has 0 unspecified atom stereocenters. The zero-order chi connectivity index (χ0) is 14.2. The van der Waals surface area contributed by atoms with Crippen LogP contribution >= 0.6 is 0 Å². The molecule has 0 atom stereocenters. The highest BCUT2D eigenvalue weighted by atomic mass is 19.1. The van der Waals surface area contributed by atoms with E-state index in [9.17, 15) is 14.0 Å². The Kier molecular flexibility index (Phi) is 3.20. The molecule has 1 N–H and O–H groups in total. The maximum Gasteiger partial charge on any atom is 0.325 e. The van der Waals surface area contributed by atoms with E-state index in [1.165, 1.54) is 17.0 Å². The Morgan fingerprint density at radius 3 is 2.65 bits per heavy atom. The molecule has 4 nitrogen and oxygen atoms in total. The number of carbonyl (C=O) groups excluding carboxylic acids is 2. The minimum absolute atomic E-state index is 0.129. The van der Waals surface area contributed by atoms with Crippen LogP contribution in [0.15, 0.2) is 24.3 Å². The van der Waals surface area contributed by atoms with Crippen LogP contribution in [-0.4, -0.2) is 22.4 Å². The van der Waals surface area contributed by atoms with Crippen molar-refractivity contribution in [3.05, 3.63) is 35.6 Å². The Morgan fingerprint density at radius 1 is 1.20 bits per heavy atom. The fourth-order valence-electron chi connectivity index (χ4n) is 3.13. The number of hydrogen-bond acceptors (Lipinski definition) is 2. The number of urea groups is 1. The summed E-state index contributed by atoms with van der Waals surface area (Å²) in [6.07, 6.45) is 4.43. The van der Waals surface area contributed by atoms with E-state index < -0.39 is 5.54 Å². The van der Waals surface area contributed by atoms with Gasteiger partial charge in [0.2, 0.25) is 0 Å². The van der Waals surface area contributed by atoms with E-state index in [1.807, 2.05) is 0 Å². The predicted octanol–water partition coefficient (Wildman–Crippen LogP) is 2.58. The summed E-state index contributed by atoms with van der Waals surface area (Å²) in [5, 5.41) is 2.85. The number of halogens is 1. The minimum Gasteiger partial charge on any atom is -0.323 e. The van der Waals surface area contributed by atoms with E-state index in [-0.39, 0.29) is 24.3 Å². The molecule has 1 aromatic rings. The van der Waals surface area contributed by atoms with Crippen molar-refractivity contribution in [1.29, 1.82) is 0 Å². The molecule has 106 valence electrons. The van der Waals surface area contributed by atoms with Gasteiger partial charge in [-0.25, -0.2) is 9.18 Å². The zero-order valence-corrected chi connectivity index (χ0v) is 11.2. The van der Waals surface area contributed by atoms with E-state index in [4.69, 9.17) is 0 Å². The topological polar surface area (TPSA) is 49.4 Å². The van der Waals surface area contributed by atoms with Gasteiger partial charge in [0.05, 0.1) is 6.54 Å². The molecule has 3 amide bonds. The summed E-state index contributed by atoms with van der Waals surface area (Å²) in [5.74, 6) is -0.520. The van der Waals surface area contributed by atoms with Crippen LogP contribution in [0.3, 0.4) is 0 Å². The number of imide groups is 1. The van der Waals surface area contributed by atoms with Gasteiger partial charge in [-0.1, -0.05) is 31.4 Å². The molecular formula is C15H17FN2O2. The first-order chi connectivity index (χ1) is 9.61. The maximum absolute atomic E-state index is 13.2. The highest BCUT2D eigenvalue weighted by Gasteiger charge is 2.51. The Balaban J connectivity index is 1.80. The van der Waals surface area contributed by atoms with Gasteiger partial charge in [-0.05, 0) is 30.5 Å². The minimum atomic E-state index is -0.706. The molecule has 1 aliphatic carbocycles. The predicted molar refractivity (Wildman–Crippen MR) is 71.3 cm³/mol. The van der Waals surface area contributed by atoms with Crippen molar-refractivity contribution < 1.29 is 14.0 Å². The van der Waals surface area contributed by atoms with Crippen LogP contribution in [0.4, 0.5) is 9.18 Å². The summed E-state index contributed by atoms with van der Waals surface area (Å²) >= 11 is 0. The SMILES string of the molecule is O=C1NC2(CCCCC2)C(=O)N1Cc1cccc(F)c1. The molecule has 5 heteroatoms. The third-order valence-corrected chi connectivity index (χ3v) is 4.18. The summed E-state index contributed by atoms with van der Waals surface area (Å²) in [7, 11) is 0. The fourth-order valence-corrected chi connectivity index (χ4v) is 3.13. The first-order valence-electron chi connectivity index (χ1n) is 6.99. The third kappa shape index (κ3) is 2.17. The summed E-state index contributed by atoms with van der Waals surface area (Å²) in [4.78, 5) is 25.8. The lowest BCUT2D eigenvalue weighted by atomic mass is 9.82. The summed E-state index contributed by atoms with van der Waals surface area (Å²) in [5.41, 5.74) is -0.0794. The molecule has 0 bridgehead atoms. The van der Waals surface area contributed by atoms with Crippen LogP contribution < -0.4 is 5.32 Å². The van der Waals surface area contributed by atoms with Gasteiger partial charge in [0.25, 0.3) is 5.91 Å². The number of rotatable bonds is 2. The van der Waals surface area contributed by atoms with Crippen LogP contribution in [0.1, 0.15) is 37.7 Å². The highest BCUT2D eigenvalue weighted by molar-refractivity contribution is 6.07. The molecule has 2 aliphatic rings. The lowest BCUT2D eigenvalue weighted by molar-refractivity contribution is -0.132. The number of nitrogens with zero attached hydrogens (tertiary/aromatic N) is 1. The van der Waals surface area contributed by atoms with E-state index in [0.29, 0.717) is 18.4 Å². The largest absolute Gasteiger partial charge is 0.325 e. The molecule has 1 spiro atoms. The van der Waals surface area contributed by atoms with E-state index in [1.54, 1.807) is 12.1 Å². The molecule has 1 saturated heterocycles. The Hall–Kier alpha value is -1.91. The van der Waals surface area contributed by atoms with Crippen LogP contribution in [-0.2, 0) is 11.3 Å². The van der Waals surface area contributed by atoms with Crippen molar-refractivity contribution in [2.75, 3.05) is 0 Å². The van der Waals surface area contributed by atoms with Gasteiger partial charge in [-0.15, -0.1) is 0 Å². The Bertz CT molecular complexity index is 553. The Morgan fingerprint density at radius 2 is 1.95 bits per heavy atom. The van der Waals surface area contributed by atoms with Crippen LogP contribution in [0.25, 0.3) is 0 Å². The molecule has 1 heterocycles. The van der Waals surface area contributed by atoms with Crippen LogP contribution in [0.5, 0.6) is 0 Å². The molecule has 20 heavy (non-hydrogen) atoms. The molecule has 1 aliphatic heterocycles. The van der Waals surface area contributed by atoms with Crippen LogP contribution in [0, 0.1) is 5.82 Å². The highest BCUT2D eigenvalue weighted by Crippen LogP contribution is 2.34. The van der Waals surface area contributed by atoms with Crippen molar-refractivity contribution in [3.63, 3.8) is 0 Å². The van der Waals surface area contributed by atoms with Gasteiger partial charge in [0.15, 0.2) is 0 Å². The first-order valence-corrected chi connectivity index (χ1v) is 6.99. The average Bonchev–Trinajstić information content (AvgIpc) is 2.64. The third-order valence-electron chi connectivity index (χ3n) is 4.18. The van der Waals surface area contributed by atoms with Crippen molar-refractivity contribution in [3.8, 4) is 0 Å².